The summed E-state index contributed by atoms with van der Waals surface area (Å²) in [6.45, 7) is 6.14. The second-order valence-corrected chi connectivity index (χ2v) is 7.60. The lowest BCUT2D eigenvalue weighted by Gasteiger charge is -2.44. The van der Waals surface area contributed by atoms with Crippen LogP contribution in [0.4, 0.5) is 0 Å². The Morgan fingerprint density at radius 2 is 1.46 bits per heavy atom. The number of allylic oxidation sites excluding steroid dienone is 1. The van der Waals surface area contributed by atoms with Crippen LogP contribution in [-0.2, 0) is 42.9 Å². The quantitative estimate of drug-likeness (QED) is 0.369. The molecule has 0 spiro atoms. The molecule has 2 rings (SSSR count). The van der Waals surface area contributed by atoms with Gasteiger partial charge >= 0.3 is 23.9 Å². The predicted octanol–water partition coefficient (Wildman–Crippen LogP) is 2.19. The molecule has 0 amide bonds. The van der Waals surface area contributed by atoms with Crippen molar-refractivity contribution in [3.63, 3.8) is 0 Å². The monoisotopic (exact) mass is 494 g/mol. The van der Waals surface area contributed by atoms with Crippen LogP contribution in [0.25, 0.3) is 6.08 Å². The summed E-state index contributed by atoms with van der Waals surface area (Å²) in [5.41, 5.74) is 0.786. The normalized spacial score (nSPS) is 23.8. The maximum absolute atomic E-state index is 11.9. The molecule has 1 aliphatic heterocycles. The number of hydrogen-bond donors (Lipinski definition) is 0. The summed E-state index contributed by atoms with van der Waals surface area (Å²) in [6.07, 6.45) is -2.75. The van der Waals surface area contributed by atoms with E-state index in [1.807, 2.05) is 19.1 Å². The molecule has 35 heavy (non-hydrogen) atoms. The molecule has 0 unspecified atom stereocenters. The number of esters is 4. The molecular weight excluding hydrogens is 464 g/mol. The van der Waals surface area contributed by atoms with E-state index >= 15 is 0 Å². The number of benzene rings is 1. The van der Waals surface area contributed by atoms with Crippen LogP contribution in [0.2, 0.25) is 0 Å². The minimum Gasteiger partial charge on any atom is -0.493 e. The summed E-state index contributed by atoms with van der Waals surface area (Å²) in [7, 11) is 1.45. The topological polar surface area (TPSA) is 133 Å². The molecule has 0 radical (unpaired) electrons. The van der Waals surface area contributed by atoms with Crippen LogP contribution < -0.4 is 9.47 Å². The molecule has 1 aromatic carbocycles. The van der Waals surface area contributed by atoms with Gasteiger partial charge in [0, 0.05) is 27.7 Å². The third-order valence-electron chi connectivity index (χ3n) is 4.74. The second-order valence-electron chi connectivity index (χ2n) is 7.60. The zero-order valence-electron chi connectivity index (χ0n) is 20.5. The minimum absolute atomic E-state index is 0.240. The maximum Gasteiger partial charge on any atom is 0.303 e. The highest BCUT2D eigenvalue weighted by Gasteiger charge is 2.53. The van der Waals surface area contributed by atoms with E-state index in [1.54, 1.807) is 18.2 Å². The average molecular weight is 494 g/mol. The zero-order valence-corrected chi connectivity index (χ0v) is 20.5. The van der Waals surface area contributed by atoms with E-state index < -0.39 is 54.6 Å². The Morgan fingerprint density at radius 3 is 2.00 bits per heavy atom. The van der Waals surface area contributed by atoms with E-state index in [1.165, 1.54) is 14.0 Å². The SMILES string of the molecule is C/C=C/c1ccc(OC)c(O[C@@H]2O[C@H](COC(C)=O)[C@@H](OC(C)=O)[C@H](OC(C)=O)[C@H]2OC(C)=O)c1. The van der Waals surface area contributed by atoms with Crippen molar-refractivity contribution in [2.75, 3.05) is 13.7 Å². The number of rotatable bonds is 9. The lowest BCUT2D eigenvalue weighted by atomic mass is 9.98. The number of carbonyl (C=O) groups excluding carboxylic acids is 4. The van der Waals surface area contributed by atoms with Gasteiger partial charge in [-0.05, 0) is 24.6 Å². The van der Waals surface area contributed by atoms with Gasteiger partial charge in [0.25, 0.3) is 0 Å². The fourth-order valence-corrected chi connectivity index (χ4v) is 3.49. The Bertz CT molecular complexity index is 955. The van der Waals surface area contributed by atoms with Crippen molar-refractivity contribution in [1.29, 1.82) is 0 Å². The molecule has 5 atom stereocenters. The number of hydrogen-bond acceptors (Lipinski definition) is 11. The molecule has 11 nitrogen and oxygen atoms in total. The van der Waals surface area contributed by atoms with Crippen molar-refractivity contribution in [2.24, 2.45) is 0 Å². The maximum atomic E-state index is 11.9. The first-order chi connectivity index (χ1) is 16.5. The third kappa shape index (κ3) is 7.99. The molecule has 0 aromatic heterocycles. The molecule has 1 fully saturated rings. The van der Waals surface area contributed by atoms with Gasteiger partial charge in [0.05, 0.1) is 7.11 Å². The Morgan fingerprint density at radius 1 is 0.857 bits per heavy atom. The first kappa shape index (κ1) is 27.6. The molecule has 0 aliphatic carbocycles. The van der Waals surface area contributed by atoms with Crippen LogP contribution >= 0.6 is 0 Å². The molecule has 1 aromatic rings. The second kappa shape index (κ2) is 12.7. The van der Waals surface area contributed by atoms with E-state index in [2.05, 4.69) is 0 Å². The van der Waals surface area contributed by atoms with E-state index in [-0.39, 0.29) is 12.4 Å². The summed E-state index contributed by atoms with van der Waals surface area (Å²) in [5, 5.41) is 0. The number of methoxy groups -OCH3 is 1. The van der Waals surface area contributed by atoms with Gasteiger partial charge in [0.15, 0.2) is 23.7 Å². The molecule has 0 saturated carbocycles. The van der Waals surface area contributed by atoms with Crippen molar-refractivity contribution in [1.82, 2.24) is 0 Å². The molecular formula is C24H30O11. The van der Waals surface area contributed by atoms with Crippen molar-refractivity contribution >= 4 is 30.0 Å². The van der Waals surface area contributed by atoms with Crippen LogP contribution in [0, 0.1) is 0 Å². The summed E-state index contributed by atoms with van der Waals surface area (Å²) in [4.78, 5) is 47.1. The van der Waals surface area contributed by atoms with E-state index in [4.69, 9.17) is 33.2 Å². The standard InChI is InChI=1S/C24H30O11/c1-7-8-17-9-10-18(29-6)19(11-17)34-24-23(33-16(5)28)22(32-15(4)27)21(31-14(3)26)20(35-24)12-30-13(2)25/h7-11,20-24H,12H2,1-6H3/b8-7+/t20-,21-,22+,23-,24-/m1/s1. The summed E-state index contributed by atoms with van der Waals surface area (Å²) in [6, 6.07) is 5.15. The van der Waals surface area contributed by atoms with Crippen LogP contribution in [0.15, 0.2) is 24.3 Å². The first-order valence-electron chi connectivity index (χ1n) is 10.8. The number of ether oxygens (including phenoxy) is 7. The fraction of sp³-hybridized carbons (Fsp3) is 0.500. The van der Waals surface area contributed by atoms with Crippen molar-refractivity contribution in [2.45, 2.75) is 65.3 Å². The van der Waals surface area contributed by atoms with Crippen LogP contribution in [-0.4, -0.2) is 68.3 Å². The van der Waals surface area contributed by atoms with E-state index in [0.29, 0.717) is 5.75 Å². The van der Waals surface area contributed by atoms with Gasteiger partial charge in [-0.15, -0.1) is 0 Å². The highest BCUT2D eigenvalue weighted by atomic mass is 16.7. The van der Waals surface area contributed by atoms with E-state index in [0.717, 1.165) is 26.3 Å². The van der Waals surface area contributed by atoms with Crippen molar-refractivity contribution in [3.05, 3.63) is 29.8 Å². The lowest BCUT2D eigenvalue weighted by Crippen LogP contribution is -2.63. The smallest absolute Gasteiger partial charge is 0.303 e. The van der Waals surface area contributed by atoms with Crippen LogP contribution in [0.3, 0.4) is 0 Å². The summed E-state index contributed by atoms with van der Waals surface area (Å²) in [5.74, 6) is -2.19. The fourth-order valence-electron chi connectivity index (χ4n) is 3.49. The highest BCUT2D eigenvalue weighted by molar-refractivity contribution is 5.68. The third-order valence-corrected chi connectivity index (χ3v) is 4.74. The van der Waals surface area contributed by atoms with Gasteiger partial charge in [-0.25, -0.2) is 0 Å². The molecule has 11 heteroatoms. The Balaban J connectivity index is 2.54. The Kier molecular flexibility index (Phi) is 10.1. The first-order valence-corrected chi connectivity index (χ1v) is 10.8. The van der Waals surface area contributed by atoms with Gasteiger partial charge in [-0.1, -0.05) is 18.2 Å². The van der Waals surface area contributed by atoms with Crippen molar-refractivity contribution < 1.29 is 52.3 Å². The molecule has 0 bridgehead atoms. The predicted molar refractivity (Wildman–Crippen MR) is 120 cm³/mol. The van der Waals surface area contributed by atoms with Gasteiger partial charge < -0.3 is 33.2 Å². The van der Waals surface area contributed by atoms with Crippen LogP contribution in [0.1, 0.15) is 40.2 Å². The highest BCUT2D eigenvalue weighted by Crippen LogP contribution is 2.35. The molecule has 0 N–H and O–H groups in total. The van der Waals surface area contributed by atoms with Gasteiger partial charge in [-0.3, -0.25) is 19.2 Å². The number of carbonyl (C=O) groups is 4. The average Bonchev–Trinajstić information content (AvgIpc) is 2.76. The van der Waals surface area contributed by atoms with Crippen molar-refractivity contribution in [3.8, 4) is 11.5 Å². The van der Waals surface area contributed by atoms with Gasteiger partial charge in [-0.2, -0.15) is 0 Å². The molecule has 1 saturated heterocycles. The molecule has 1 heterocycles. The summed E-state index contributed by atoms with van der Waals surface area (Å²) < 4.78 is 38.6. The summed E-state index contributed by atoms with van der Waals surface area (Å²) >= 11 is 0. The van der Waals surface area contributed by atoms with Gasteiger partial charge in [0.2, 0.25) is 12.4 Å². The molecule has 192 valence electrons. The van der Waals surface area contributed by atoms with Gasteiger partial charge in [0.1, 0.15) is 12.7 Å². The Hall–Kier alpha value is -3.60. The largest absolute Gasteiger partial charge is 0.493 e. The lowest BCUT2D eigenvalue weighted by molar-refractivity contribution is -0.288. The molecule has 1 aliphatic rings. The minimum atomic E-state index is -1.36. The van der Waals surface area contributed by atoms with E-state index in [9.17, 15) is 19.2 Å². The zero-order chi connectivity index (χ0) is 26.1. The Labute approximate surface area is 203 Å². The van der Waals surface area contributed by atoms with Crippen LogP contribution in [0.5, 0.6) is 11.5 Å².